The highest BCUT2D eigenvalue weighted by Crippen LogP contribution is 2.30. The summed E-state index contributed by atoms with van der Waals surface area (Å²) in [5.74, 6) is 0. The van der Waals surface area contributed by atoms with Gasteiger partial charge >= 0.3 is 17.8 Å². The lowest BCUT2D eigenvalue weighted by Gasteiger charge is -2.11. The number of hydrogen-bond acceptors (Lipinski definition) is 3. The van der Waals surface area contributed by atoms with Crippen LogP contribution in [0.3, 0.4) is 0 Å². The molecule has 2 amide bonds. The summed E-state index contributed by atoms with van der Waals surface area (Å²) < 4.78 is 43.0. The molecule has 2 N–H and O–H groups in total. The maximum absolute atomic E-state index is 12.7. The first kappa shape index (κ1) is 16.6. The Bertz CT molecular complexity index is 996. The number of amides is 2. The number of benzene rings is 2. The van der Waals surface area contributed by atoms with E-state index in [4.69, 9.17) is 4.42 Å². The third-order valence-electron chi connectivity index (χ3n) is 3.32. The largest absolute Gasteiger partial charge is 0.423 e. The van der Waals surface area contributed by atoms with Crippen molar-refractivity contribution in [3.8, 4) is 0 Å². The van der Waals surface area contributed by atoms with Crippen molar-refractivity contribution in [2.24, 2.45) is 0 Å². The molecule has 2 aromatic carbocycles. The predicted molar refractivity (Wildman–Crippen MR) is 86.6 cm³/mol. The number of alkyl halides is 3. The molecule has 0 bridgehead atoms. The van der Waals surface area contributed by atoms with Crippen LogP contribution in [0.1, 0.15) is 5.56 Å². The zero-order chi connectivity index (χ0) is 18.0. The standard InChI is InChI=1S/C17H11F3N2O3/c18-17(19,20)11-2-1-3-12(9-11)21-16(24)22-13-5-6-14-10(8-13)4-7-15(23)25-14/h1-9H,(H2,21,22,24). The van der Waals surface area contributed by atoms with Gasteiger partial charge < -0.3 is 15.1 Å². The van der Waals surface area contributed by atoms with Crippen LogP contribution >= 0.6 is 0 Å². The van der Waals surface area contributed by atoms with Crippen LogP contribution in [0.15, 0.2) is 63.8 Å². The highest BCUT2D eigenvalue weighted by Gasteiger charge is 2.30. The van der Waals surface area contributed by atoms with Gasteiger partial charge in [-0.3, -0.25) is 0 Å². The number of fused-ring (bicyclic) bond motifs is 1. The van der Waals surface area contributed by atoms with Crippen molar-refractivity contribution in [1.29, 1.82) is 0 Å². The van der Waals surface area contributed by atoms with Gasteiger partial charge in [0.25, 0.3) is 0 Å². The molecule has 8 heteroatoms. The van der Waals surface area contributed by atoms with E-state index in [0.717, 1.165) is 12.1 Å². The molecule has 0 unspecified atom stereocenters. The summed E-state index contributed by atoms with van der Waals surface area (Å²) in [5, 5.41) is 5.43. The van der Waals surface area contributed by atoms with Crippen molar-refractivity contribution in [1.82, 2.24) is 0 Å². The average Bonchev–Trinajstić information content (AvgIpc) is 2.54. The maximum Gasteiger partial charge on any atom is 0.416 e. The fourth-order valence-electron chi connectivity index (χ4n) is 2.22. The van der Waals surface area contributed by atoms with Crippen LogP contribution in [-0.4, -0.2) is 6.03 Å². The van der Waals surface area contributed by atoms with Gasteiger partial charge in [-0.2, -0.15) is 13.2 Å². The minimum Gasteiger partial charge on any atom is -0.423 e. The Morgan fingerprint density at radius 1 is 0.920 bits per heavy atom. The second kappa shape index (κ2) is 6.31. The van der Waals surface area contributed by atoms with Gasteiger partial charge in [0, 0.05) is 22.8 Å². The molecule has 5 nitrogen and oxygen atoms in total. The van der Waals surface area contributed by atoms with E-state index in [0.29, 0.717) is 16.7 Å². The first-order valence-corrected chi connectivity index (χ1v) is 7.10. The van der Waals surface area contributed by atoms with Crippen molar-refractivity contribution in [3.05, 3.63) is 70.6 Å². The Morgan fingerprint density at radius 3 is 2.36 bits per heavy atom. The molecule has 0 aliphatic heterocycles. The molecule has 0 spiro atoms. The summed E-state index contributed by atoms with van der Waals surface area (Å²) in [6, 6.07) is 11.0. The number of nitrogens with one attached hydrogen (secondary N) is 2. The lowest BCUT2D eigenvalue weighted by atomic mass is 10.2. The lowest BCUT2D eigenvalue weighted by molar-refractivity contribution is -0.137. The summed E-state index contributed by atoms with van der Waals surface area (Å²) in [4.78, 5) is 23.1. The number of halogens is 3. The third kappa shape index (κ3) is 3.97. The van der Waals surface area contributed by atoms with E-state index in [-0.39, 0.29) is 5.69 Å². The van der Waals surface area contributed by atoms with Crippen molar-refractivity contribution in [2.75, 3.05) is 10.6 Å². The van der Waals surface area contributed by atoms with E-state index in [1.54, 1.807) is 6.07 Å². The van der Waals surface area contributed by atoms with Crippen molar-refractivity contribution >= 4 is 28.4 Å². The highest BCUT2D eigenvalue weighted by atomic mass is 19.4. The molecule has 0 saturated carbocycles. The molecule has 0 radical (unpaired) electrons. The number of carbonyl (C=O) groups excluding carboxylic acids is 1. The lowest BCUT2D eigenvalue weighted by Crippen LogP contribution is -2.19. The fourth-order valence-corrected chi connectivity index (χ4v) is 2.22. The molecule has 1 aromatic heterocycles. The van der Waals surface area contributed by atoms with Gasteiger partial charge in [-0.25, -0.2) is 9.59 Å². The third-order valence-corrected chi connectivity index (χ3v) is 3.32. The Hall–Kier alpha value is -3.29. The number of carbonyl (C=O) groups is 1. The fraction of sp³-hybridized carbons (Fsp3) is 0.0588. The molecule has 0 aliphatic carbocycles. The minimum absolute atomic E-state index is 0.0131. The van der Waals surface area contributed by atoms with Crippen LogP contribution in [0.25, 0.3) is 11.0 Å². The smallest absolute Gasteiger partial charge is 0.416 e. The van der Waals surface area contributed by atoms with Gasteiger partial charge in [0.1, 0.15) is 5.58 Å². The van der Waals surface area contributed by atoms with Gasteiger partial charge in [0.05, 0.1) is 5.56 Å². The van der Waals surface area contributed by atoms with Crippen LogP contribution in [0.4, 0.5) is 29.3 Å². The predicted octanol–water partition coefficient (Wildman–Crippen LogP) is 4.46. The molecule has 25 heavy (non-hydrogen) atoms. The second-order valence-electron chi connectivity index (χ2n) is 5.16. The zero-order valence-corrected chi connectivity index (χ0v) is 12.6. The highest BCUT2D eigenvalue weighted by molar-refractivity contribution is 6.00. The molecule has 3 aromatic rings. The van der Waals surface area contributed by atoms with E-state index >= 15 is 0 Å². The Balaban J connectivity index is 1.74. The summed E-state index contributed by atoms with van der Waals surface area (Å²) in [5.41, 5.74) is -0.581. The van der Waals surface area contributed by atoms with Crippen molar-refractivity contribution in [2.45, 2.75) is 6.18 Å². The van der Waals surface area contributed by atoms with Crippen LogP contribution in [0.2, 0.25) is 0 Å². The SMILES string of the molecule is O=C(Nc1cccc(C(F)(F)F)c1)Nc1ccc2oc(=O)ccc2c1. The average molecular weight is 348 g/mol. The molecule has 0 fully saturated rings. The quantitative estimate of drug-likeness (QED) is 0.672. The van der Waals surface area contributed by atoms with E-state index < -0.39 is 23.4 Å². The van der Waals surface area contributed by atoms with E-state index in [1.807, 2.05) is 0 Å². The molecule has 0 saturated heterocycles. The van der Waals surface area contributed by atoms with E-state index in [9.17, 15) is 22.8 Å². The molecule has 1 heterocycles. The van der Waals surface area contributed by atoms with Crippen LogP contribution in [0.5, 0.6) is 0 Å². The Morgan fingerprint density at radius 2 is 1.64 bits per heavy atom. The zero-order valence-electron chi connectivity index (χ0n) is 12.6. The molecule has 0 aliphatic rings. The van der Waals surface area contributed by atoms with E-state index in [1.165, 1.54) is 36.4 Å². The summed E-state index contributed by atoms with van der Waals surface area (Å²) in [7, 11) is 0. The second-order valence-corrected chi connectivity index (χ2v) is 5.16. The molecule has 0 atom stereocenters. The van der Waals surface area contributed by atoms with E-state index in [2.05, 4.69) is 10.6 Å². The summed E-state index contributed by atoms with van der Waals surface area (Å²) in [6.07, 6.45) is -4.49. The molecule has 128 valence electrons. The van der Waals surface area contributed by atoms with Gasteiger partial charge in [-0.1, -0.05) is 6.07 Å². The Kier molecular flexibility index (Phi) is 4.18. The first-order valence-electron chi connectivity index (χ1n) is 7.10. The van der Waals surface area contributed by atoms with Crippen LogP contribution < -0.4 is 16.3 Å². The van der Waals surface area contributed by atoms with Crippen molar-refractivity contribution < 1.29 is 22.4 Å². The van der Waals surface area contributed by atoms with Gasteiger partial charge in [-0.05, 0) is 42.5 Å². The van der Waals surface area contributed by atoms with Gasteiger partial charge in [-0.15, -0.1) is 0 Å². The number of urea groups is 1. The molecular formula is C17H11F3N2O3. The Labute approximate surface area is 139 Å². The van der Waals surface area contributed by atoms with Crippen LogP contribution in [-0.2, 0) is 6.18 Å². The normalized spacial score (nSPS) is 11.3. The van der Waals surface area contributed by atoms with Gasteiger partial charge in [0.2, 0.25) is 0 Å². The molecule has 3 rings (SSSR count). The van der Waals surface area contributed by atoms with Crippen molar-refractivity contribution in [3.63, 3.8) is 0 Å². The monoisotopic (exact) mass is 348 g/mol. The summed E-state index contributed by atoms with van der Waals surface area (Å²) >= 11 is 0. The van der Waals surface area contributed by atoms with Gasteiger partial charge in [0.15, 0.2) is 0 Å². The molecular weight excluding hydrogens is 337 g/mol. The topological polar surface area (TPSA) is 71.3 Å². The summed E-state index contributed by atoms with van der Waals surface area (Å²) in [6.45, 7) is 0. The van der Waals surface area contributed by atoms with Crippen LogP contribution in [0, 0.1) is 0 Å². The number of hydrogen-bond donors (Lipinski definition) is 2. The number of rotatable bonds is 2. The number of anilines is 2. The first-order chi connectivity index (χ1) is 11.8. The minimum atomic E-state index is -4.49. The maximum atomic E-state index is 12.7.